The monoisotopic (exact) mass is 370 g/mol. The van der Waals surface area contributed by atoms with Crippen LogP contribution in [0.1, 0.15) is 49.7 Å². The first-order valence-electron chi connectivity index (χ1n) is 11.3. The van der Waals surface area contributed by atoms with E-state index in [1.165, 1.54) is 38.5 Å². The van der Waals surface area contributed by atoms with Gasteiger partial charge in [0.1, 0.15) is 0 Å². The standard InChI is InChI=1S/C26H30N2/c27-19-5-1-17(2-6-19)25-13-15-11-23-21(25)9-16-10-22(25)24(12-15)26(23,14-16)18-3-7-20(28)8-4-18/h1-8,15-16,21-24H,9-14,27-28H2. The maximum Gasteiger partial charge on any atom is 0.0314 e. The number of hydrogen-bond acceptors (Lipinski definition) is 2. The average molecular weight is 371 g/mol. The number of hydrogen-bond donors (Lipinski definition) is 2. The summed E-state index contributed by atoms with van der Waals surface area (Å²) in [5.74, 6) is 5.30. The van der Waals surface area contributed by atoms with Gasteiger partial charge in [0.05, 0.1) is 0 Å². The van der Waals surface area contributed by atoms with E-state index in [-0.39, 0.29) is 0 Å². The van der Waals surface area contributed by atoms with Crippen molar-refractivity contribution in [2.45, 2.75) is 49.4 Å². The first-order valence-corrected chi connectivity index (χ1v) is 11.3. The lowest BCUT2D eigenvalue weighted by Crippen LogP contribution is -2.75. The Bertz CT molecular complexity index is 840. The summed E-state index contributed by atoms with van der Waals surface area (Å²) in [6.07, 6.45) is 8.71. The third kappa shape index (κ3) is 1.65. The lowest BCUT2D eigenvalue weighted by atomic mass is 9.25. The van der Waals surface area contributed by atoms with E-state index in [1.54, 1.807) is 11.1 Å². The molecular weight excluding hydrogens is 340 g/mol. The lowest BCUT2D eigenvalue weighted by molar-refractivity contribution is -0.237. The van der Waals surface area contributed by atoms with Crippen molar-refractivity contribution < 1.29 is 0 Å². The fourth-order valence-electron chi connectivity index (χ4n) is 9.69. The van der Waals surface area contributed by atoms with Crippen LogP contribution in [0.15, 0.2) is 48.5 Å². The third-order valence-electron chi connectivity index (χ3n) is 10.1. The Hall–Kier alpha value is -1.96. The molecule has 2 nitrogen and oxygen atoms in total. The predicted molar refractivity (Wildman–Crippen MR) is 114 cm³/mol. The van der Waals surface area contributed by atoms with Gasteiger partial charge >= 0.3 is 0 Å². The summed E-state index contributed by atoms with van der Waals surface area (Å²) in [5, 5.41) is 0. The largest absolute Gasteiger partial charge is 0.399 e. The normalized spacial score (nSPS) is 47.0. The van der Waals surface area contributed by atoms with E-state index >= 15 is 0 Å². The van der Waals surface area contributed by atoms with Crippen LogP contribution < -0.4 is 11.5 Å². The quantitative estimate of drug-likeness (QED) is 0.720. The van der Waals surface area contributed by atoms with E-state index < -0.39 is 0 Å². The van der Waals surface area contributed by atoms with Gasteiger partial charge in [0.15, 0.2) is 0 Å². The molecule has 7 saturated carbocycles. The maximum atomic E-state index is 6.06. The Labute approximate surface area is 167 Å². The van der Waals surface area contributed by atoms with Crippen LogP contribution in [0.3, 0.4) is 0 Å². The molecule has 0 amide bonds. The molecule has 0 radical (unpaired) electrons. The van der Waals surface area contributed by atoms with E-state index in [2.05, 4.69) is 48.5 Å². The first-order chi connectivity index (χ1) is 13.6. The van der Waals surface area contributed by atoms with Gasteiger partial charge in [-0.05, 0) is 109 Å². The number of benzene rings is 2. The zero-order valence-corrected chi connectivity index (χ0v) is 16.5. The van der Waals surface area contributed by atoms with Crippen LogP contribution in [-0.2, 0) is 10.8 Å². The van der Waals surface area contributed by atoms with Gasteiger partial charge in [-0.15, -0.1) is 0 Å². The molecule has 4 N–H and O–H groups in total. The number of nitrogen functional groups attached to an aromatic ring is 2. The van der Waals surface area contributed by atoms with Crippen LogP contribution >= 0.6 is 0 Å². The maximum absolute atomic E-state index is 6.06. The topological polar surface area (TPSA) is 52.0 Å². The minimum absolute atomic E-state index is 0.429. The van der Waals surface area contributed by atoms with Crippen molar-refractivity contribution >= 4 is 11.4 Å². The molecule has 0 spiro atoms. The summed E-state index contributed by atoms with van der Waals surface area (Å²) in [7, 11) is 0. The molecule has 2 aromatic carbocycles. The average Bonchev–Trinajstić information content (AvgIpc) is 2.72. The Morgan fingerprint density at radius 3 is 1.18 bits per heavy atom. The zero-order chi connectivity index (χ0) is 18.7. The number of anilines is 2. The van der Waals surface area contributed by atoms with E-state index in [9.17, 15) is 0 Å². The molecule has 0 aliphatic heterocycles. The van der Waals surface area contributed by atoms with Crippen molar-refractivity contribution in [1.82, 2.24) is 0 Å². The second-order valence-electron chi connectivity index (χ2n) is 10.8. The van der Waals surface area contributed by atoms with Crippen molar-refractivity contribution in [3.05, 3.63) is 59.7 Å². The van der Waals surface area contributed by atoms with Crippen LogP contribution in [-0.4, -0.2) is 0 Å². The highest BCUT2D eigenvalue weighted by Gasteiger charge is 2.75. The van der Waals surface area contributed by atoms with Gasteiger partial charge in [0.2, 0.25) is 0 Å². The van der Waals surface area contributed by atoms with Gasteiger partial charge in [-0.1, -0.05) is 24.3 Å². The molecule has 7 aliphatic carbocycles. The zero-order valence-electron chi connectivity index (χ0n) is 16.5. The summed E-state index contributed by atoms with van der Waals surface area (Å²) in [6.45, 7) is 0. The van der Waals surface area contributed by atoms with Crippen LogP contribution in [0, 0.1) is 35.5 Å². The second kappa shape index (κ2) is 4.96. The first kappa shape index (κ1) is 15.9. The summed E-state index contributed by atoms with van der Waals surface area (Å²) < 4.78 is 0. The van der Waals surface area contributed by atoms with E-state index in [0.717, 1.165) is 46.9 Å². The van der Waals surface area contributed by atoms with Crippen LogP contribution in [0.25, 0.3) is 0 Å². The van der Waals surface area contributed by atoms with Gasteiger partial charge < -0.3 is 11.5 Å². The van der Waals surface area contributed by atoms with E-state index in [4.69, 9.17) is 11.5 Å². The predicted octanol–water partition coefficient (Wildman–Crippen LogP) is 5.13. The molecule has 4 unspecified atom stereocenters. The summed E-state index contributed by atoms with van der Waals surface area (Å²) in [6, 6.07) is 18.1. The van der Waals surface area contributed by atoms with Gasteiger partial charge in [0, 0.05) is 22.2 Å². The van der Waals surface area contributed by atoms with Crippen molar-refractivity contribution in [1.29, 1.82) is 0 Å². The van der Waals surface area contributed by atoms with Crippen molar-refractivity contribution in [3.63, 3.8) is 0 Å². The fraction of sp³-hybridized carbons (Fsp3) is 0.538. The molecule has 0 aromatic heterocycles. The summed E-state index contributed by atoms with van der Waals surface area (Å²) in [5.41, 5.74) is 18.0. The molecule has 4 atom stereocenters. The molecule has 7 aliphatic rings. The molecule has 9 rings (SSSR count). The molecule has 8 bridgehead atoms. The molecule has 0 heterocycles. The minimum Gasteiger partial charge on any atom is -0.399 e. The highest BCUT2D eigenvalue weighted by molar-refractivity contribution is 5.49. The van der Waals surface area contributed by atoms with Crippen LogP contribution in [0.5, 0.6) is 0 Å². The Morgan fingerprint density at radius 1 is 0.536 bits per heavy atom. The Balaban J connectivity index is 1.44. The van der Waals surface area contributed by atoms with Gasteiger partial charge in [-0.3, -0.25) is 0 Å². The highest BCUT2D eigenvalue weighted by Crippen LogP contribution is 2.80. The van der Waals surface area contributed by atoms with Crippen LogP contribution in [0.4, 0.5) is 11.4 Å². The minimum atomic E-state index is 0.429. The third-order valence-corrected chi connectivity index (χ3v) is 10.1. The second-order valence-corrected chi connectivity index (χ2v) is 10.8. The Kier molecular flexibility index (Phi) is 2.81. The van der Waals surface area contributed by atoms with Gasteiger partial charge in [-0.2, -0.15) is 0 Å². The highest BCUT2D eigenvalue weighted by atomic mass is 14.8. The number of nitrogens with two attached hydrogens (primary N) is 2. The fourth-order valence-corrected chi connectivity index (χ4v) is 9.69. The summed E-state index contributed by atoms with van der Waals surface area (Å²) >= 11 is 0. The van der Waals surface area contributed by atoms with Crippen LogP contribution in [0.2, 0.25) is 0 Å². The van der Waals surface area contributed by atoms with Gasteiger partial charge in [-0.25, -0.2) is 0 Å². The van der Waals surface area contributed by atoms with Crippen molar-refractivity contribution in [3.8, 4) is 0 Å². The Morgan fingerprint density at radius 2 is 0.857 bits per heavy atom. The molecule has 7 fully saturated rings. The van der Waals surface area contributed by atoms with E-state index in [0.29, 0.717) is 10.8 Å². The van der Waals surface area contributed by atoms with Crippen molar-refractivity contribution in [2.75, 3.05) is 11.5 Å². The molecule has 2 aromatic rings. The molecule has 144 valence electrons. The molecule has 28 heavy (non-hydrogen) atoms. The molecule has 2 heteroatoms. The summed E-state index contributed by atoms with van der Waals surface area (Å²) in [4.78, 5) is 0. The van der Waals surface area contributed by atoms with E-state index in [1.807, 2.05) is 0 Å². The van der Waals surface area contributed by atoms with Crippen molar-refractivity contribution in [2.24, 2.45) is 35.5 Å². The van der Waals surface area contributed by atoms with Gasteiger partial charge in [0.25, 0.3) is 0 Å². The number of rotatable bonds is 2. The lowest BCUT2D eigenvalue weighted by Gasteiger charge is -2.79. The molecule has 0 saturated heterocycles. The molecular formula is C26H30N2. The SMILES string of the molecule is Nc1ccc(C23CC4CC5C2CC2CC3C(C4)C5(c3ccc(N)cc3)C2)cc1. The smallest absolute Gasteiger partial charge is 0.0314 e.